The monoisotopic (exact) mass is 875 g/mol. The number of aromatic amines is 1. The van der Waals surface area contributed by atoms with E-state index in [9.17, 15) is 13.6 Å². The molecule has 1 saturated carbocycles. The Morgan fingerprint density at radius 1 is 0.906 bits per heavy atom. The summed E-state index contributed by atoms with van der Waals surface area (Å²) in [5, 5.41) is 4.35. The van der Waals surface area contributed by atoms with Crippen LogP contribution in [0.25, 0.3) is 22.0 Å². The molecule has 8 heteroatoms. The van der Waals surface area contributed by atoms with Gasteiger partial charge in [-0.15, -0.1) is 0 Å². The molecule has 64 heavy (non-hydrogen) atoms. The van der Waals surface area contributed by atoms with Gasteiger partial charge in [0, 0.05) is 45.1 Å². The molecule has 2 N–H and O–H groups in total. The number of H-pyrrole nitrogens is 1. The third-order valence-corrected chi connectivity index (χ3v) is 12.9. The van der Waals surface area contributed by atoms with Gasteiger partial charge in [0.1, 0.15) is 17.3 Å². The van der Waals surface area contributed by atoms with E-state index in [4.69, 9.17) is 14.2 Å². The summed E-state index contributed by atoms with van der Waals surface area (Å²) in [4.78, 5) is 18.0. The zero-order chi connectivity index (χ0) is 46.2. The quantitative estimate of drug-likeness (QED) is 0.0300. The van der Waals surface area contributed by atoms with Crippen LogP contribution in [0.1, 0.15) is 142 Å². The number of para-hydroxylation sites is 2. The molecule has 0 saturated heterocycles. The number of aromatic nitrogens is 1. The minimum absolute atomic E-state index is 0.0500. The molecule has 0 spiro atoms. The molecule has 3 aromatic carbocycles. The maximum absolute atomic E-state index is 14.8. The second kappa shape index (κ2) is 24.6. The topological polar surface area (TPSA) is 72.6 Å². The van der Waals surface area contributed by atoms with Crippen molar-refractivity contribution in [2.24, 2.45) is 17.8 Å². The molecular weight excluding hydrogens is 803 g/mol. The molecule has 1 aromatic heterocycles. The molecule has 344 valence electrons. The van der Waals surface area contributed by atoms with E-state index in [1.54, 1.807) is 19.3 Å². The standard InChI is InChI=1S/C56H72F2N2O4/c1-10-16-26-43(64-56-48(57)28-21-29-49(56)58)35-51(44(14-5)37(7)13-4)59-38(8)45(15-6)55(61)52-33-41-34-54(47(36-50(41)60-52)46-27-19-20-30-53(46)62-9)63-42(23-12-3)32-31-39(22-11-2)40-24-17-18-25-40/h14-15,19-21,26-30,33-37,39-40,42,59-60H,6,10-13,16-18,22-25,31-32H2,1-5,7-9H3/b43-26-,44-14-,45-38-,51-35+. The first-order valence-electron chi connectivity index (χ1n) is 23.8. The largest absolute Gasteiger partial charge is 0.496 e. The van der Waals surface area contributed by atoms with Crippen molar-refractivity contribution < 1.29 is 27.8 Å². The zero-order valence-corrected chi connectivity index (χ0v) is 39.7. The molecule has 1 aliphatic rings. The lowest BCUT2D eigenvalue weighted by atomic mass is 9.83. The minimum Gasteiger partial charge on any atom is -0.496 e. The molecule has 4 aromatic rings. The van der Waals surface area contributed by atoms with Crippen LogP contribution in [0.3, 0.4) is 0 Å². The molecule has 1 aliphatic carbocycles. The second-order valence-corrected chi connectivity index (χ2v) is 17.4. The van der Waals surface area contributed by atoms with Crippen molar-refractivity contribution in [3.05, 3.63) is 137 Å². The molecule has 1 fully saturated rings. The Bertz CT molecular complexity index is 2290. The van der Waals surface area contributed by atoms with Crippen LogP contribution < -0.4 is 19.5 Å². The Balaban J connectivity index is 1.54. The van der Waals surface area contributed by atoms with Crippen molar-refractivity contribution in [2.45, 2.75) is 138 Å². The average molecular weight is 875 g/mol. The maximum atomic E-state index is 14.8. The maximum Gasteiger partial charge on any atom is 0.210 e. The van der Waals surface area contributed by atoms with Gasteiger partial charge in [0.15, 0.2) is 17.4 Å². The fraction of sp³-hybridized carbons (Fsp3) is 0.446. The lowest BCUT2D eigenvalue weighted by Crippen LogP contribution is -2.20. The fourth-order valence-electron chi connectivity index (χ4n) is 9.24. The molecule has 1 heterocycles. The first-order valence-corrected chi connectivity index (χ1v) is 23.8. The number of ether oxygens (including phenoxy) is 3. The smallest absolute Gasteiger partial charge is 0.210 e. The molecule has 6 nitrogen and oxygen atoms in total. The Hall–Kier alpha value is -5.37. The van der Waals surface area contributed by atoms with Crippen LogP contribution in [-0.2, 0) is 0 Å². The molecule has 5 rings (SSSR count). The van der Waals surface area contributed by atoms with Crippen molar-refractivity contribution in [1.82, 2.24) is 10.3 Å². The summed E-state index contributed by atoms with van der Waals surface area (Å²) in [5.74, 6) is 1.16. The van der Waals surface area contributed by atoms with Crippen LogP contribution >= 0.6 is 0 Å². The predicted molar refractivity (Wildman–Crippen MR) is 261 cm³/mol. The van der Waals surface area contributed by atoms with Crippen LogP contribution in [0.15, 0.2) is 120 Å². The molecular formula is C56H72F2N2O4. The minimum atomic E-state index is -0.794. The van der Waals surface area contributed by atoms with Crippen LogP contribution in [0, 0.1) is 29.4 Å². The normalized spacial score (nSPS) is 15.8. The first kappa shape index (κ1) is 49.6. The Morgan fingerprint density at radius 2 is 1.62 bits per heavy atom. The first-order chi connectivity index (χ1) is 31.0. The van der Waals surface area contributed by atoms with E-state index in [-0.39, 0.29) is 23.6 Å². The number of methoxy groups -OCH3 is 1. The highest BCUT2D eigenvalue weighted by atomic mass is 19.1. The van der Waals surface area contributed by atoms with Gasteiger partial charge in [-0.25, -0.2) is 8.78 Å². The summed E-state index contributed by atoms with van der Waals surface area (Å²) in [6.07, 6.45) is 21.5. The molecule has 3 unspecified atom stereocenters. The number of hydrogen-bond donors (Lipinski definition) is 2. The Labute approximate surface area is 382 Å². The van der Waals surface area contributed by atoms with Gasteiger partial charge < -0.3 is 24.5 Å². The summed E-state index contributed by atoms with van der Waals surface area (Å²) >= 11 is 0. The highest BCUT2D eigenvalue weighted by Gasteiger charge is 2.27. The van der Waals surface area contributed by atoms with E-state index in [0.717, 1.165) is 83.0 Å². The average Bonchev–Trinajstić information content (AvgIpc) is 3.99. The molecule has 0 amide bonds. The predicted octanol–water partition coefficient (Wildman–Crippen LogP) is 15.9. The van der Waals surface area contributed by atoms with Crippen LogP contribution in [0.2, 0.25) is 0 Å². The number of hydrogen-bond acceptors (Lipinski definition) is 5. The SMILES string of the molecule is C=C/C(C(=O)c1cc2cc(OC(CCC)CCC(CCC)C3CCCC3)c(-c3ccccc3OC)cc2[nH]1)=C(\C)NC(=C/C(=C/CCC)Oc1c(F)cccc1F)/C(=C\C)C(C)CC. The molecule has 0 aliphatic heterocycles. The number of fused-ring (bicyclic) bond motifs is 1. The van der Waals surface area contributed by atoms with E-state index in [2.05, 4.69) is 56.7 Å². The van der Waals surface area contributed by atoms with E-state index in [0.29, 0.717) is 29.1 Å². The number of carbonyl (C=O) groups is 1. The van der Waals surface area contributed by atoms with Crippen LogP contribution in [0.4, 0.5) is 8.78 Å². The summed E-state index contributed by atoms with van der Waals surface area (Å²) in [6.45, 7) is 18.6. The van der Waals surface area contributed by atoms with E-state index >= 15 is 0 Å². The number of unbranched alkanes of at least 4 members (excludes halogenated alkanes) is 1. The van der Waals surface area contributed by atoms with Gasteiger partial charge in [-0.05, 0) is 112 Å². The van der Waals surface area contributed by atoms with Crippen LogP contribution in [0.5, 0.6) is 17.2 Å². The second-order valence-electron chi connectivity index (χ2n) is 17.4. The van der Waals surface area contributed by atoms with Gasteiger partial charge in [0.25, 0.3) is 0 Å². The lowest BCUT2D eigenvalue weighted by molar-refractivity contribution is 0.103. The summed E-state index contributed by atoms with van der Waals surface area (Å²) in [6, 6.07) is 17.6. The van der Waals surface area contributed by atoms with Gasteiger partial charge >= 0.3 is 0 Å². The number of nitrogens with one attached hydrogen (secondary N) is 2. The number of allylic oxidation sites excluding steroid dienone is 7. The van der Waals surface area contributed by atoms with Gasteiger partial charge in [-0.3, -0.25) is 4.79 Å². The number of halogens is 2. The van der Waals surface area contributed by atoms with Crippen LogP contribution in [-0.4, -0.2) is 24.0 Å². The van der Waals surface area contributed by atoms with Crippen molar-refractivity contribution in [2.75, 3.05) is 7.11 Å². The number of benzene rings is 3. The highest BCUT2D eigenvalue weighted by Crippen LogP contribution is 2.42. The van der Waals surface area contributed by atoms with Gasteiger partial charge in [-0.1, -0.05) is 129 Å². The van der Waals surface area contributed by atoms with E-state index in [1.165, 1.54) is 63.1 Å². The van der Waals surface area contributed by atoms with Gasteiger partial charge in [0.05, 0.1) is 18.9 Å². The van der Waals surface area contributed by atoms with E-state index in [1.807, 2.05) is 63.3 Å². The fourth-order valence-corrected chi connectivity index (χ4v) is 9.24. The highest BCUT2D eigenvalue weighted by molar-refractivity contribution is 6.12. The van der Waals surface area contributed by atoms with Gasteiger partial charge in [-0.2, -0.15) is 0 Å². The van der Waals surface area contributed by atoms with Gasteiger partial charge in [0.2, 0.25) is 5.78 Å². The zero-order valence-electron chi connectivity index (χ0n) is 39.7. The number of Topliss-reactive ketones (excluding diaryl/α,β-unsaturated/α-hetero) is 1. The van der Waals surface area contributed by atoms with Crippen molar-refractivity contribution >= 4 is 16.7 Å². The summed E-state index contributed by atoms with van der Waals surface area (Å²) in [5.41, 5.74) is 5.53. The third-order valence-electron chi connectivity index (χ3n) is 12.9. The molecule has 0 radical (unpaired) electrons. The summed E-state index contributed by atoms with van der Waals surface area (Å²) in [7, 11) is 1.68. The molecule has 3 atom stereocenters. The van der Waals surface area contributed by atoms with Crippen molar-refractivity contribution in [3.63, 3.8) is 0 Å². The number of carbonyl (C=O) groups excluding carboxylic acids is 1. The Morgan fingerprint density at radius 3 is 2.27 bits per heavy atom. The number of rotatable bonds is 25. The van der Waals surface area contributed by atoms with E-state index < -0.39 is 17.4 Å². The summed E-state index contributed by atoms with van der Waals surface area (Å²) < 4.78 is 48.5. The van der Waals surface area contributed by atoms with Crippen molar-refractivity contribution in [1.29, 1.82) is 0 Å². The number of ketones is 1. The van der Waals surface area contributed by atoms with Crippen molar-refractivity contribution in [3.8, 4) is 28.4 Å². The third kappa shape index (κ3) is 12.7. The lowest BCUT2D eigenvalue weighted by Gasteiger charge is -2.27. The Kier molecular flexibility index (Phi) is 19.1. The molecule has 0 bridgehead atoms.